The summed E-state index contributed by atoms with van der Waals surface area (Å²) in [5, 5.41) is 3.06. The third-order valence-corrected chi connectivity index (χ3v) is 4.64. The molecular formula is C21H26N2O2. The lowest BCUT2D eigenvalue weighted by Gasteiger charge is -2.26. The number of nitrogens with one attached hydrogen (secondary N) is 1. The van der Waals surface area contributed by atoms with Gasteiger partial charge < -0.3 is 10.1 Å². The monoisotopic (exact) mass is 338 g/mol. The molecule has 0 aliphatic carbocycles. The van der Waals surface area contributed by atoms with Gasteiger partial charge in [-0.2, -0.15) is 0 Å². The Morgan fingerprint density at radius 3 is 2.64 bits per heavy atom. The summed E-state index contributed by atoms with van der Waals surface area (Å²) in [6.07, 6.45) is 0. The lowest BCUT2D eigenvalue weighted by Crippen LogP contribution is -2.35. The highest BCUT2D eigenvalue weighted by molar-refractivity contribution is 5.94. The molecule has 1 N–H and O–H groups in total. The van der Waals surface area contributed by atoms with Crippen molar-refractivity contribution in [3.8, 4) is 0 Å². The minimum absolute atomic E-state index is 0.00777. The summed E-state index contributed by atoms with van der Waals surface area (Å²) < 4.78 is 5.38. The molecule has 1 aliphatic rings. The largest absolute Gasteiger partial charge is 0.379 e. The van der Waals surface area contributed by atoms with Crippen molar-refractivity contribution >= 4 is 5.91 Å². The molecule has 25 heavy (non-hydrogen) atoms. The number of rotatable bonds is 6. The SMILES string of the molecule is CC(CNC(=O)c1cccc(CN2CCOCC2)c1)c1ccccc1. The predicted octanol–water partition coefficient (Wildman–Crippen LogP) is 3.05. The zero-order chi connectivity index (χ0) is 17.5. The Balaban J connectivity index is 1.55. The predicted molar refractivity (Wildman–Crippen MR) is 99.7 cm³/mol. The fourth-order valence-corrected chi connectivity index (χ4v) is 3.08. The van der Waals surface area contributed by atoms with Crippen molar-refractivity contribution in [3.63, 3.8) is 0 Å². The van der Waals surface area contributed by atoms with E-state index in [1.165, 1.54) is 11.1 Å². The lowest BCUT2D eigenvalue weighted by molar-refractivity contribution is 0.0342. The molecule has 1 amide bonds. The minimum Gasteiger partial charge on any atom is -0.379 e. The van der Waals surface area contributed by atoms with Crippen LogP contribution in [0.25, 0.3) is 0 Å². The summed E-state index contributed by atoms with van der Waals surface area (Å²) >= 11 is 0. The van der Waals surface area contributed by atoms with Gasteiger partial charge in [-0.1, -0.05) is 49.4 Å². The van der Waals surface area contributed by atoms with Gasteiger partial charge in [-0.3, -0.25) is 9.69 Å². The number of benzene rings is 2. The van der Waals surface area contributed by atoms with E-state index in [1.54, 1.807) is 0 Å². The van der Waals surface area contributed by atoms with Crippen LogP contribution in [0.5, 0.6) is 0 Å². The fourth-order valence-electron chi connectivity index (χ4n) is 3.08. The van der Waals surface area contributed by atoms with Gasteiger partial charge in [0.1, 0.15) is 0 Å². The highest BCUT2D eigenvalue weighted by Gasteiger charge is 2.13. The number of carbonyl (C=O) groups is 1. The van der Waals surface area contributed by atoms with E-state index in [-0.39, 0.29) is 5.91 Å². The Morgan fingerprint density at radius 2 is 1.88 bits per heavy atom. The molecule has 1 atom stereocenters. The summed E-state index contributed by atoms with van der Waals surface area (Å²) in [4.78, 5) is 14.8. The quantitative estimate of drug-likeness (QED) is 0.880. The van der Waals surface area contributed by atoms with Crippen LogP contribution in [0, 0.1) is 0 Å². The molecule has 4 heteroatoms. The minimum atomic E-state index is -0.00777. The first-order valence-corrected chi connectivity index (χ1v) is 8.94. The Labute approximate surface area is 149 Å². The van der Waals surface area contributed by atoms with Crippen molar-refractivity contribution in [2.45, 2.75) is 19.4 Å². The molecule has 1 saturated heterocycles. The zero-order valence-electron chi connectivity index (χ0n) is 14.8. The first-order valence-electron chi connectivity index (χ1n) is 8.94. The van der Waals surface area contributed by atoms with Crippen molar-refractivity contribution in [1.29, 1.82) is 0 Å². The molecule has 1 heterocycles. The number of carbonyl (C=O) groups excluding carboxylic acids is 1. The second-order valence-corrected chi connectivity index (χ2v) is 6.61. The van der Waals surface area contributed by atoms with Crippen LogP contribution < -0.4 is 5.32 Å². The molecule has 4 nitrogen and oxygen atoms in total. The van der Waals surface area contributed by atoms with Crippen LogP contribution in [-0.4, -0.2) is 43.7 Å². The highest BCUT2D eigenvalue weighted by atomic mass is 16.5. The molecule has 1 fully saturated rings. The van der Waals surface area contributed by atoms with Gasteiger partial charge in [0.25, 0.3) is 5.91 Å². The topological polar surface area (TPSA) is 41.6 Å². The molecule has 0 saturated carbocycles. The molecule has 0 aromatic heterocycles. The van der Waals surface area contributed by atoms with Crippen LogP contribution in [0.1, 0.15) is 34.3 Å². The highest BCUT2D eigenvalue weighted by Crippen LogP contribution is 2.14. The van der Waals surface area contributed by atoms with Crippen LogP contribution in [0.15, 0.2) is 54.6 Å². The van der Waals surface area contributed by atoms with E-state index in [0.717, 1.165) is 38.4 Å². The zero-order valence-corrected chi connectivity index (χ0v) is 14.8. The van der Waals surface area contributed by atoms with Gasteiger partial charge in [0, 0.05) is 31.7 Å². The Kier molecular flexibility index (Phi) is 6.20. The molecule has 0 radical (unpaired) electrons. The number of hydrogen-bond donors (Lipinski definition) is 1. The summed E-state index contributed by atoms with van der Waals surface area (Å²) in [6, 6.07) is 18.2. The molecule has 132 valence electrons. The van der Waals surface area contributed by atoms with Gasteiger partial charge in [0.15, 0.2) is 0 Å². The van der Waals surface area contributed by atoms with Crippen LogP contribution in [-0.2, 0) is 11.3 Å². The third-order valence-electron chi connectivity index (χ3n) is 4.64. The molecule has 2 aromatic rings. The maximum atomic E-state index is 12.5. The van der Waals surface area contributed by atoms with Crippen molar-refractivity contribution < 1.29 is 9.53 Å². The van der Waals surface area contributed by atoms with Gasteiger partial charge in [-0.05, 0) is 29.2 Å². The van der Waals surface area contributed by atoms with Gasteiger partial charge in [-0.25, -0.2) is 0 Å². The molecule has 2 aromatic carbocycles. The number of amides is 1. The summed E-state index contributed by atoms with van der Waals surface area (Å²) in [5.41, 5.74) is 3.14. The van der Waals surface area contributed by atoms with E-state index < -0.39 is 0 Å². The van der Waals surface area contributed by atoms with Crippen molar-refractivity contribution in [3.05, 3.63) is 71.3 Å². The average Bonchev–Trinajstić information content (AvgIpc) is 2.67. The smallest absolute Gasteiger partial charge is 0.251 e. The van der Waals surface area contributed by atoms with Gasteiger partial charge >= 0.3 is 0 Å². The van der Waals surface area contributed by atoms with Crippen molar-refractivity contribution in [2.75, 3.05) is 32.8 Å². The Morgan fingerprint density at radius 1 is 1.12 bits per heavy atom. The number of morpholine rings is 1. The normalized spacial score (nSPS) is 16.4. The number of nitrogens with zero attached hydrogens (tertiary/aromatic N) is 1. The average molecular weight is 338 g/mol. The maximum Gasteiger partial charge on any atom is 0.251 e. The second-order valence-electron chi connectivity index (χ2n) is 6.61. The molecule has 1 unspecified atom stereocenters. The second kappa shape index (κ2) is 8.79. The van der Waals surface area contributed by atoms with E-state index in [2.05, 4.69) is 35.3 Å². The molecular weight excluding hydrogens is 312 g/mol. The lowest BCUT2D eigenvalue weighted by atomic mass is 10.0. The van der Waals surface area contributed by atoms with E-state index in [4.69, 9.17) is 4.74 Å². The first-order chi connectivity index (χ1) is 12.2. The molecule has 3 rings (SSSR count). The third kappa shape index (κ3) is 5.15. The van der Waals surface area contributed by atoms with Crippen LogP contribution in [0.3, 0.4) is 0 Å². The maximum absolute atomic E-state index is 12.5. The van der Waals surface area contributed by atoms with E-state index >= 15 is 0 Å². The summed E-state index contributed by atoms with van der Waals surface area (Å²) in [5.74, 6) is 0.285. The van der Waals surface area contributed by atoms with E-state index in [1.807, 2.05) is 36.4 Å². The Hall–Kier alpha value is -2.17. The molecule has 1 aliphatic heterocycles. The number of hydrogen-bond acceptors (Lipinski definition) is 3. The molecule has 0 spiro atoms. The van der Waals surface area contributed by atoms with Crippen molar-refractivity contribution in [1.82, 2.24) is 10.2 Å². The summed E-state index contributed by atoms with van der Waals surface area (Å²) in [6.45, 7) is 7.11. The molecule has 0 bridgehead atoms. The van der Waals surface area contributed by atoms with Gasteiger partial charge in [0.2, 0.25) is 0 Å². The van der Waals surface area contributed by atoms with E-state index in [9.17, 15) is 4.79 Å². The van der Waals surface area contributed by atoms with Crippen LogP contribution >= 0.6 is 0 Å². The standard InChI is InChI=1S/C21H26N2O2/c1-17(19-7-3-2-4-8-19)15-22-21(24)20-9-5-6-18(14-20)16-23-10-12-25-13-11-23/h2-9,14,17H,10-13,15-16H2,1H3,(H,22,24). The number of ether oxygens (including phenoxy) is 1. The first kappa shape index (κ1) is 17.6. The van der Waals surface area contributed by atoms with E-state index in [0.29, 0.717) is 12.5 Å². The van der Waals surface area contributed by atoms with Gasteiger partial charge in [0.05, 0.1) is 13.2 Å². The van der Waals surface area contributed by atoms with Crippen molar-refractivity contribution in [2.24, 2.45) is 0 Å². The fraction of sp³-hybridized carbons (Fsp3) is 0.381. The summed E-state index contributed by atoms with van der Waals surface area (Å²) in [7, 11) is 0. The Bertz CT molecular complexity index is 681. The van der Waals surface area contributed by atoms with Gasteiger partial charge in [-0.15, -0.1) is 0 Å². The van der Waals surface area contributed by atoms with Crippen LogP contribution in [0.4, 0.5) is 0 Å². The van der Waals surface area contributed by atoms with Crippen LogP contribution in [0.2, 0.25) is 0 Å².